The average Bonchev–Trinajstić information content (AvgIpc) is 3.32. The molecule has 1 N–H and O–H groups in total. The van der Waals surface area contributed by atoms with Gasteiger partial charge >= 0.3 is 5.97 Å². The Bertz CT molecular complexity index is 706. The van der Waals surface area contributed by atoms with Gasteiger partial charge in [0.05, 0.1) is 11.5 Å². The molecular weight excluding hydrogens is 334 g/mol. The zero-order valence-corrected chi connectivity index (χ0v) is 15.2. The summed E-state index contributed by atoms with van der Waals surface area (Å²) in [6.45, 7) is 1.69. The Balaban J connectivity index is 1.60. The van der Waals surface area contributed by atoms with Crippen molar-refractivity contribution in [2.45, 2.75) is 44.1 Å². The molecule has 2 aromatic rings. The van der Waals surface area contributed by atoms with E-state index in [1.165, 1.54) is 0 Å². The molecule has 1 aromatic carbocycles. The van der Waals surface area contributed by atoms with Gasteiger partial charge in [-0.15, -0.1) is 11.3 Å². The quantitative estimate of drug-likeness (QED) is 0.796. The molecule has 0 radical (unpaired) electrons. The van der Waals surface area contributed by atoms with Crippen LogP contribution in [0.25, 0.3) is 0 Å². The second-order valence-electron chi connectivity index (χ2n) is 6.54. The summed E-state index contributed by atoms with van der Waals surface area (Å²) >= 11 is 1.59. The smallest absolute Gasteiger partial charge is 0.317 e. The van der Waals surface area contributed by atoms with Crippen LogP contribution in [0.2, 0.25) is 0 Å². The van der Waals surface area contributed by atoms with Crippen molar-refractivity contribution in [2.75, 3.05) is 6.61 Å². The first-order valence-electron chi connectivity index (χ1n) is 8.67. The minimum Gasteiger partial charge on any atom is -0.455 e. The van der Waals surface area contributed by atoms with Gasteiger partial charge < -0.3 is 10.1 Å². The van der Waals surface area contributed by atoms with Crippen LogP contribution < -0.4 is 5.32 Å². The number of esters is 1. The lowest BCUT2D eigenvalue weighted by Crippen LogP contribution is -2.38. The topological polar surface area (TPSA) is 55.4 Å². The van der Waals surface area contributed by atoms with E-state index in [9.17, 15) is 9.59 Å². The summed E-state index contributed by atoms with van der Waals surface area (Å²) in [5.74, 6) is -0.550. The highest BCUT2D eigenvalue weighted by atomic mass is 32.1. The minimum absolute atomic E-state index is 0.0826. The van der Waals surface area contributed by atoms with E-state index in [2.05, 4.69) is 5.32 Å². The molecule has 1 fully saturated rings. The number of amides is 1. The molecule has 1 saturated carbocycles. The molecule has 0 aliphatic heterocycles. The molecule has 25 heavy (non-hydrogen) atoms. The lowest BCUT2D eigenvalue weighted by Gasteiger charge is -2.27. The average molecular weight is 357 g/mol. The number of rotatable bonds is 6. The minimum atomic E-state index is -0.596. The monoisotopic (exact) mass is 357 g/mol. The Hall–Kier alpha value is -2.14. The van der Waals surface area contributed by atoms with Crippen LogP contribution in [0.4, 0.5) is 0 Å². The van der Waals surface area contributed by atoms with Crippen molar-refractivity contribution in [3.05, 3.63) is 58.3 Å². The van der Waals surface area contributed by atoms with Crippen molar-refractivity contribution >= 4 is 23.2 Å². The molecule has 1 aliphatic rings. The van der Waals surface area contributed by atoms with Gasteiger partial charge in [0.1, 0.15) is 0 Å². The van der Waals surface area contributed by atoms with E-state index < -0.39 is 5.41 Å². The molecule has 1 amide bonds. The van der Waals surface area contributed by atoms with Gasteiger partial charge in [-0.25, -0.2) is 0 Å². The second kappa shape index (κ2) is 7.83. The number of carbonyl (C=O) groups excluding carboxylic acids is 2. The van der Waals surface area contributed by atoms with Crippen LogP contribution in [-0.2, 0) is 19.7 Å². The Labute approximate surface area is 152 Å². The third kappa shape index (κ3) is 3.93. The standard InChI is InChI=1S/C20H23NO3S/c1-15(17-10-7-13-25-17)21-18(22)14-24-19(23)20(11-5-6-12-20)16-8-3-2-4-9-16/h2-4,7-10,13,15H,5-6,11-12,14H2,1H3,(H,21,22)/t15-/m0/s1. The van der Waals surface area contributed by atoms with Gasteiger partial charge in [0.15, 0.2) is 6.61 Å². The van der Waals surface area contributed by atoms with E-state index in [1.54, 1.807) is 11.3 Å². The third-order valence-corrected chi connectivity index (χ3v) is 5.91. The van der Waals surface area contributed by atoms with Gasteiger partial charge in [0, 0.05) is 4.88 Å². The fourth-order valence-electron chi connectivity index (χ4n) is 3.51. The van der Waals surface area contributed by atoms with E-state index in [4.69, 9.17) is 4.74 Å². The predicted molar refractivity (Wildman–Crippen MR) is 98.4 cm³/mol. The summed E-state index contributed by atoms with van der Waals surface area (Å²) in [5.41, 5.74) is 0.394. The zero-order chi connectivity index (χ0) is 17.7. The molecule has 1 heterocycles. The summed E-state index contributed by atoms with van der Waals surface area (Å²) < 4.78 is 5.42. The molecule has 0 saturated heterocycles. The van der Waals surface area contributed by atoms with Crippen molar-refractivity contribution in [3.8, 4) is 0 Å². The molecule has 132 valence electrons. The number of hydrogen-bond donors (Lipinski definition) is 1. The highest BCUT2D eigenvalue weighted by molar-refractivity contribution is 7.10. The maximum Gasteiger partial charge on any atom is 0.317 e. The lowest BCUT2D eigenvalue weighted by molar-refractivity contribution is -0.154. The first-order valence-corrected chi connectivity index (χ1v) is 9.55. The van der Waals surface area contributed by atoms with Gasteiger partial charge in [-0.3, -0.25) is 9.59 Å². The van der Waals surface area contributed by atoms with E-state index in [0.717, 1.165) is 36.1 Å². The molecule has 0 bridgehead atoms. The molecule has 1 atom stereocenters. The van der Waals surface area contributed by atoms with Crippen LogP contribution in [0.1, 0.15) is 49.1 Å². The first kappa shape index (κ1) is 17.7. The fraction of sp³-hybridized carbons (Fsp3) is 0.400. The highest BCUT2D eigenvalue weighted by Crippen LogP contribution is 2.42. The Morgan fingerprint density at radius 3 is 2.52 bits per heavy atom. The van der Waals surface area contributed by atoms with Crippen molar-refractivity contribution in [1.82, 2.24) is 5.32 Å². The van der Waals surface area contributed by atoms with E-state index in [1.807, 2.05) is 54.8 Å². The van der Waals surface area contributed by atoms with Gasteiger partial charge in [-0.1, -0.05) is 49.2 Å². The summed E-state index contributed by atoms with van der Waals surface area (Å²) in [4.78, 5) is 26.0. The number of carbonyl (C=O) groups is 2. The van der Waals surface area contributed by atoms with Crippen LogP contribution >= 0.6 is 11.3 Å². The van der Waals surface area contributed by atoms with E-state index in [0.29, 0.717) is 0 Å². The van der Waals surface area contributed by atoms with Crippen LogP contribution in [-0.4, -0.2) is 18.5 Å². The lowest BCUT2D eigenvalue weighted by atomic mass is 9.79. The zero-order valence-electron chi connectivity index (χ0n) is 14.4. The second-order valence-corrected chi connectivity index (χ2v) is 7.52. The summed E-state index contributed by atoms with van der Waals surface area (Å²) in [7, 11) is 0. The number of benzene rings is 1. The number of hydrogen-bond acceptors (Lipinski definition) is 4. The Kier molecular flexibility index (Phi) is 5.53. The normalized spacial score (nSPS) is 17.0. The summed E-state index contributed by atoms with van der Waals surface area (Å²) in [6.07, 6.45) is 3.57. The Morgan fingerprint density at radius 2 is 1.88 bits per heavy atom. The maximum atomic E-state index is 12.8. The third-order valence-electron chi connectivity index (χ3n) is 4.86. The van der Waals surface area contributed by atoms with Gasteiger partial charge in [-0.05, 0) is 36.8 Å². The van der Waals surface area contributed by atoms with Crippen LogP contribution in [0, 0.1) is 0 Å². The van der Waals surface area contributed by atoms with Crippen molar-refractivity contribution in [3.63, 3.8) is 0 Å². The summed E-state index contributed by atoms with van der Waals surface area (Å²) in [6, 6.07) is 13.6. The SMILES string of the molecule is C[C@H](NC(=O)COC(=O)C1(c2ccccc2)CCCC1)c1cccs1. The van der Waals surface area contributed by atoms with Crippen LogP contribution in [0.15, 0.2) is 47.8 Å². The van der Waals surface area contributed by atoms with E-state index in [-0.39, 0.29) is 24.5 Å². The first-order chi connectivity index (χ1) is 12.1. The predicted octanol–water partition coefficient (Wildman–Crippen LogP) is 3.98. The molecular formula is C20H23NO3S. The fourth-order valence-corrected chi connectivity index (χ4v) is 4.24. The highest BCUT2D eigenvalue weighted by Gasteiger charge is 2.44. The molecule has 5 heteroatoms. The van der Waals surface area contributed by atoms with Gasteiger partial charge in [0.25, 0.3) is 5.91 Å². The van der Waals surface area contributed by atoms with Gasteiger partial charge in [0.2, 0.25) is 0 Å². The van der Waals surface area contributed by atoms with Crippen LogP contribution in [0.3, 0.4) is 0 Å². The largest absolute Gasteiger partial charge is 0.455 e. The molecule has 0 unspecified atom stereocenters. The van der Waals surface area contributed by atoms with E-state index >= 15 is 0 Å². The molecule has 1 aliphatic carbocycles. The molecule has 4 nitrogen and oxygen atoms in total. The van der Waals surface area contributed by atoms with Crippen molar-refractivity contribution < 1.29 is 14.3 Å². The van der Waals surface area contributed by atoms with Crippen molar-refractivity contribution in [1.29, 1.82) is 0 Å². The Morgan fingerprint density at radius 1 is 1.16 bits per heavy atom. The molecule has 1 aromatic heterocycles. The number of ether oxygens (including phenoxy) is 1. The summed E-state index contributed by atoms with van der Waals surface area (Å²) in [5, 5.41) is 4.85. The van der Waals surface area contributed by atoms with Gasteiger partial charge in [-0.2, -0.15) is 0 Å². The van der Waals surface area contributed by atoms with Crippen LogP contribution in [0.5, 0.6) is 0 Å². The number of thiophene rings is 1. The molecule has 0 spiro atoms. The number of nitrogens with one attached hydrogen (secondary N) is 1. The maximum absolute atomic E-state index is 12.8. The van der Waals surface area contributed by atoms with Crippen molar-refractivity contribution in [2.24, 2.45) is 0 Å². The molecule has 3 rings (SSSR count).